The molecule has 1 aromatic heterocycles. The fourth-order valence-electron chi connectivity index (χ4n) is 2.34. The Morgan fingerprint density at radius 1 is 1.07 bits per heavy atom. The number of anilines is 2. The van der Waals surface area contributed by atoms with Crippen LogP contribution in [0.15, 0.2) is 58.9 Å². The smallest absolute Gasteiger partial charge is 0.237 e. The maximum Gasteiger partial charge on any atom is 0.237 e. The van der Waals surface area contributed by atoms with Gasteiger partial charge in [0.1, 0.15) is 0 Å². The van der Waals surface area contributed by atoms with Crippen LogP contribution in [0, 0.1) is 0 Å². The summed E-state index contributed by atoms with van der Waals surface area (Å²) < 4.78 is 0.727. The first-order valence-electron chi connectivity index (χ1n) is 8.71. The Bertz CT molecular complexity index is 942. The van der Waals surface area contributed by atoms with Crippen molar-refractivity contribution in [1.82, 2.24) is 10.2 Å². The lowest BCUT2D eigenvalue weighted by molar-refractivity contribution is -0.115. The van der Waals surface area contributed by atoms with Crippen molar-refractivity contribution in [1.29, 1.82) is 0 Å². The third kappa shape index (κ3) is 5.64. The SMILES string of the molecule is CC(=O)c1ccc(NC(=O)C(C)Sc2nnc(NCc3ccccc3)s2)cc1. The van der Waals surface area contributed by atoms with Gasteiger partial charge in [0.25, 0.3) is 0 Å². The molecule has 2 N–H and O–H groups in total. The molecule has 8 heteroatoms. The maximum atomic E-state index is 12.4. The van der Waals surface area contributed by atoms with Crippen molar-refractivity contribution < 1.29 is 9.59 Å². The fraction of sp³-hybridized carbons (Fsp3) is 0.200. The van der Waals surface area contributed by atoms with E-state index in [1.807, 2.05) is 37.3 Å². The molecule has 0 spiro atoms. The number of thioether (sulfide) groups is 1. The molecule has 0 fully saturated rings. The zero-order valence-corrected chi connectivity index (χ0v) is 17.1. The van der Waals surface area contributed by atoms with E-state index in [-0.39, 0.29) is 16.9 Å². The zero-order chi connectivity index (χ0) is 19.9. The van der Waals surface area contributed by atoms with Crippen molar-refractivity contribution in [2.24, 2.45) is 0 Å². The molecule has 144 valence electrons. The van der Waals surface area contributed by atoms with Crippen molar-refractivity contribution in [3.8, 4) is 0 Å². The van der Waals surface area contributed by atoms with Gasteiger partial charge in [0, 0.05) is 17.8 Å². The number of hydrogen-bond acceptors (Lipinski definition) is 7. The zero-order valence-electron chi connectivity index (χ0n) is 15.5. The second-order valence-electron chi connectivity index (χ2n) is 6.10. The van der Waals surface area contributed by atoms with Crippen molar-refractivity contribution >= 4 is 45.6 Å². The number of carbonyl (C=O) groups excluding carboxylic acids is 2. The van der Waals surface area contributed by atoms with Crippen molar-refractivity contribution in [2.45, 2.75) is 30.0 Å². The van der Waals surface area contributed by atoms with Crippen LogP contribution < -0.4 is 10.6 Å². The topological polar surface area (TPSA) is 84.0 Å². The molecule has 0 bridgehead atoms. The number of benzene rings is 2. The van der Waals surface area contributed by atoms with E-state index < -0.39 is 0 Å². The molecule has 1 heterocycles. The summed E-state index contributed by atoms with van der Waals surface area (Å²) >= 11 is 2.78. The Balaban J connectivity index is 1.51. The molecule has 28 heavy (non-hydrogen) atoms. The number of hydrogen-bond donors (Lipinski definition) is 2. The van der Waals surface area contributed by atoms with Gasteiger partial charge < -0.3 is 10.6 Å². The van der Waals surface area contributed by atoms with E-state index in [0.717, 1.165) is 15.0 Å². The van der Waals surface area contributed by atoms with Crippen LogP contribution in [-0.4, -0.2) is 27.1 Å². The first-order valence-corrected chi connectivity index (χ1v) is 10.4. The van der Waals surface area contributed by atoms with Crippen LogP contribution in [0.5, 0.6) is 0 Å². The monoisotopic (exact) mass is 412 g/mol. The fourth-order valence-corrected chi connectivity index (χ4v) is 4.23. The number of rotatable bonds is 8. The van der Waals surface area contributed by atoms with Gasteiger partial charge in [0.15, 0.2) is 10.1 Å². The largest absolute Gasteiger partial charge is 0.356 e. The van der Waals surface area contributed by atoms with Gasteiger partial charge >= 0.3 is 0 Å². The van der Waals surface area contributed by atoms with Crippen molar-refractivity contribution in [3.63, 3.8) is 0 Å². The number of aromatic nitrogens is 2. The summed E-state index contributed by atoms with van der Waals surface area (Å²) in [7, 11) is 0. The predicted octanol–water partition coefficient (Wildman–Crippen LogP) is 4.47. The third-order valence-electron chi connectivity index (χ3n) is 3.90. The Labute approximate surface area is 171 Å². The minimum atomic E-state index is -0.331. The van der Waals surface area contributed by atoms with Gasteiger partial charge in [-0.05, 0) is 43.7 Å². The Morgan fingerprint density at radius 2 is 1.79 bits per heavy atom. The highest BCUT2D eigenvalue weighted by molar-refractivity contribution is 8.02. The Kier molecular flexibility index (Phi) is 6.78. The molecule has 1 unspecified atom stereocenters. The Hall–Kier alpha value is -2.71. The lowest BCUT2D eigenvalue weighted by Crippen LogP contribution is -2.22. The molecule has 0 radical (unpaired) electrons. The predicted molar refractivity (Wildman–Crippen MR) is 114 cm³/mol. The van der Waals surface area contributed by atoms with E-state index in [9.17, 15) is 9.59 Å². The molecule has 0 aliphatic heterocycles. The normalized spacial score (nSPS) is 11.6. The van der Waals surface area contributed by atoms with E-state index >= 15 is 0 Å². The quantitative estimate of drug-likeness (QED) is 0.419. The first kappa shape index (κ1) is 20.0. The molecule has 0 aliphatic carbocycles. The highest BCUT2D eigenvalue weighted by atomic mass is 32.2. The number of nitrogens with one attached hydrogen (secondary N) is 2. The van der Waals surface area contributed by atoms with Gasteiger partial charge in [-0.1, -0.05) is 53.4 Å². The van der Waals surface area contributed by atoms with E-state index in [1.165, 1.54) is 30.0 Å². The minimum absolute atomic E-state index is 0.00486. The standard InChI is InChI=1S/C20H20N4O2S2/c1-13(25)16-8-10-17(11-9-16)22-18(26)14(2)27-20-24-23-19(28-20)21-12-15-6-4-3-5-7-15/h3-11,14H,12H2,1-2H3,(H,21,23)(H,22,26). The van der Waals surface area contributed by atoms with E-state index in [0.29, 0.717) is 17.8 Å². The van der Waals surface area contributed by atoms with Crippen LogP contribution in [0.25, 0.3) is 0 Å². The van der Waals surface area contributed by atoms with Gasteiger partial charge in [0.2, 0.25) is 11.0 Å². The van der Waals surface area contributed by atoms with Crippen LogP contribution in [0.2, 0.25) is 0 Å². The van der Waals surface area contributed by atoms with E-state index in [1.54, 1.807) is 24.3 Å². The molecular formula is C20H20N4O2S2. The second-order valence-corrected chi connectivity index (χ2v) is 8.66. The van der Waals surface area contributed by atoms with Crippen LogP contribution in [0.4, 0.5) is 10.8 Å². The molecular weight excluding hydrogens is 392 g/mol. The van der Waals surface area contributed by atoms with Crippen LogP contribution in [-0.2, 0) is 11.3 Å². The van der Waals surface area contributed by atoms with Gasteiger partial charge in [-0.15, -0.1) is 10.2 Å². The van der Waals surface area contributed by atoms with Gasteiger partial charge in [-0.25, -0.2) is 0 Å². The van der Waals surface area contributed by atoms with Crippen LogP contribution in [0.3, 0.4) is 0 Å². The summed E-state index contributed by atoms with van der Waals surface area (Å²) in [4.78, 5) is 23.7. The summed E-state index contributed by atoms with van der Waals surface area (Å²) in [5, 5.41) is 14.7. The van der Waals surface area contributed by atoms with Crippen molar-refractivity contribution in [2.75, 3.05) is 10.6 Å². The number of ketones is 1. The van der Waals surface area contributed by atoms with E-state index in [2.05, 4.69) is 20.8 Å². The number of nitrogens with zero attached hydrogens (tertiary/aromatic N) is 2. The molecule has 1 atom stereocenters. The molecule has 1 amide bonds. The molecule has 0 saturated carbocycles. The van der Waals surface area contributed by atoms with E-state index in [4.69, 9.17) is 0 Å². The molecule has 2 aromatic carbocycles. The summed E-state index contributed by atoms with van der Waals surface area (Å²) in [6, 6.07) is 16.9. The number of Topliss-reactive ketones (excluding diaryl/α,β-unsaturated/α-hetero) is 1. The second kappa shape index (κ2) is 9.48. The summed E-state index contributed by atoms with van der Waals surface area (Å²) in [5.41, 5.74) is 2.44. The summed E-state index contributed by atoms with van der Waals surface area (Å²) in [6.45, 7) is 4.01. The maximum absolute atomic E-state index is 12.4. The van der Waals surface area contributed by atoms with Crippen LogP contribution >= 0.6 is 23.1 Å². The van der Waals surface area contributed by atoms with Crippen LogP contribution in [0.1, 0.15) is 29.8 Å². The molecule has 0 aliphatic rings. The number of carbonyl (C=O) groups is 2. The van der Waals surface area contributed by atoms with Crippen molar-refractivity contribution in [3.05, 3.63) is 65.7 Å². The first-order chi connectivity index (χ1) is 13.5. The highest BCUT2D eigenvalue weighted by Crippen LogP contribution is 2.29. The molecule has 0 saturated heterocycles. The third-order valence-corrected chi connectivity index (χ3v) is 5.96. The summed E-state index contributed by atoms with van der Waals surface area (Å²) in [5.74, 6) is -0.135. The lowest BCUT2D eigenvalue weighted by Gasteiger charge is -2.10. The minimum Gasteiger partial charge on any atom is -0.356 e. The van der Waals surface area contributed by atoms with Gasteiger partial charge in [-0.3, -0.25) is 9.59 Å². The van der Waals surface area contributed by atoms with Gasteiger partial charge in [-0.2, -0.15) is 0 Å². The molecule has 3 rings (SSSR count). The summed E-state index contributed by atoms with van der Waals surface area (Å²) in [6.07, 6.45) is 0. The average Bonchev–Trinajstić information content (AvgIpc) is 3.15. The average molecular weight is 413 g/mol. The molecule has 3 aromatic rings. The lowest BCUT2D eigenvalue weighted by atomic mass is 10.1. The Morgan fingerprint density at radius 3 is 2.46 bits per heavy atom. The molecule has 6 nitrogen and oxygen atoms in total. The highest BCUT2D eigenvalue weighted by Gasteiger charge is 2.17. The number of amides is 1. The van der Waals surface area contributed by atoms with Gasteiger partial charge in [0.05, 0.1) is 5.25 Å².